The van der Waals surface area contributed by atoms with Gasteiger partial charge in [0.1, 0.15) is 17.8 Å². The Bertz CT molecular complexity index is 738. The van der Waals surface area contributed by atoms with Crippen LogP contribution in [-0.2, 0) is 4.79 Å². The number of anilines is 1. The molecule has 3 rings (SSSR count). The molecule has 1 N–H and O–H groups in total. The summed E-state index contributed by atoms with van der Waals surface area (Å²) in [4.78, 5) is 33.9. The van der Waals surface area contributed by atoms with Gasteiger partial charge in [0, 0.05) is 26.2 Å². The van der Waals surface area contributed by atoms with Crippen molar-refractivity contribution in [3.8, 4) is 5.82 Å². The Morgan fingerprint density at radius 3 is 2.79 bits per heavy atom. The lowest BCUT2D eigenvalue weighted by molar-refractivity contribution is -0.114. The van der Waals surface area contributed by atoms with E-state index in [0.29, 0.717) is 23.1 Å². The minimum absolute atomic E-state index is 0.0323. The van der Waals surface area contributed by atoms with Gasteiger partial charge in [-0.15, -0.1) is 0 Å². The number of imidazole rings is 1. The fraction of sp³-hybridized carbons (Fsp3) is 0.412. The molecule has 1 saturated heterocycles. The fourth-order valence-corrected chi connectivity index (χ4v) is 2.91. The van der Waals surface area contributed by atoms with Crippen molar-refractivity contribution in [1.82, 2.24) is 19.4 Å². The highest BCUT2D eigenvalue weighted by molar-refractivity contribution is 5.92. The van der Waals surface area contributed by atoms with Crippen LogP contribution in [0.4, 0.5) is 5.69 Å². The minimum Gasteiger partial charge on any atom is -0.337 e. The van der Waals surface area contributed by atoms with Gasteiger partial charge < -0.3 is 10.2 Å². The molecule has 2 aromatic rings. The van der Waals surface area contributed by atoms with Crippen LogP contribution in [0.2, 0.25) is 0 Å². The average molecular weight is 327 g/mol. The number of rotatable bonds is 3. The van der Waals surface area contributed by atoms with E-state index in [0.717, 1.165) is 19.5 Å². The van der Waals surface area contributed by atoms with E-state index < -0.39 is 0 Å². The molecule has 1 atom stereocenters. The topological polar surface area (TPSA) is 80.1 Å². The molecule has 1 aliphatic rings. The van der Waals surface area contributed by atoms with E-state index in [2.05, 4.69) is 22.2 Å². The van der Waals surface area contributed by atoms with E-state index in [4.69, 9.17) is 0 Å². The van der Waals surface area contributed by atoms with Gasteiger partial charge in [0.25, 0.3) is 5.91 Å². The Labute approximate surface area is 140 Å². The summed E-state index contributed by atoms with van der Waals surface area (Å²) in [6.45, 7) is 5.19. The summed E-state index contributed by atoms with van der Waals surface area (Å²) in [6.07, 6.45) is 7.07. The standard InChI is InChI=1S/C17H21N5O2/c1-12-4-3-7-21(9-12)17(24)15-10-22(11-19-15)16-6-5-14(8-18-16)20-13(2)23/h5-6,8,10-12H,3-4,7,9H2,1-2H3,(H,20,23)/t12-/m0/s1. The van der Waals surface area contributed by atoms with Gasteiger partial charge in [0.05, 0.1) is 11.9 Å². The average Bonchev–Trinajstić information content (AvgIpc) is 3.04. The van der Waals surface area contributed by atoms with Gasteiger partial charge in [-0.3, -0.25) is 14.2 Å². The molecular weight excluding hydrogens is 306 g/mol. The number of pyridine rings is 1. The number of hydrogen-bond acceptors (Lipinski definition) is 4. The second kappa shape index (κ2) is 6.82. The van der Waals surface area contributed by atoms with Gasteiger partial charge >= 0.3 is 0 Å². The highest BCUT2D eigenvalue weighted by Gasteiger charge is 2.23. The van der Waals surface area contributed by atoms with E-state index in [1.54, 1.807) is 35.4 Å². The first-order valence-corrected chi connectivity index (χ1v) is 8.10. The van der Waals surface area contributed by atoms with E-state index in [-0.39, 0.29) is 11.8 Å². The van der Waals surface area contributed by atoms with Gasteiger partial charge in [-0.2, -0.15) is 0 Å². The Hall–Kier alpha value is -2.70. The quantitative estimate of drug-likeness (QED) is 0.936. The van der Waals surface area contributed by atoms with Gasteiger partial charge in [-0.1, -0.05) is 6.92 Å². The molecule has 0 aliphatic carbocycles. The molecule has 0 unspecified atom stereocenters. The van der Waals surface area contributed by atoms with E-state index in [9.17, 15) is 9.59 Å². The molecule has 1 fully saturated rings. The van der Waals surface area contributed by atoms with Gasteiger partial charge in [0.2, 0.25) is 5.91 Å². The van der Waals surface area contributed by atoms with Crippen molar-refractivity contribution in [2.75, 3.05) is 18.4 Å². The fourth-order valence-electron chi connectivity index (χ4n) is 2.91. The summed E-state index contributed by atoms with van der Waals surface area (Å²) in [5.74, 6) is 1.00. The third-order valence-electron chi connectivity index (χ3n) is 4.08. The third kappa shape index (κ3) is 3.61. The SMILES string of the molecule is CC(=O)Nc1ccc(-n2cnc(C(=O)N3CCC[C@H](C)C3)c2)nc1. The van der Waals surface area contributed by atoms with Crippen LogP contribution in [0.5, 0.6) is 0 Å². The van der Waals surface area contributed by atoms with Crippen molar-refractivity contribution in [1.29, 1.82) is 0 Å². The van der Waals surface area contributed by atoms with Gasteiger partial charge in [0.15, 0.2) is 0 Å². The third-order valence-corrected chi connectivity index (χ3v) is 4.08. The Kier molecular flexibility index (Phi) is 4.59. The molecule has 3 heterocycles. The maximum Gasteiger partial charge on any atom is 0.274 e. The van der Waals surface area contributed by atoms with E-state index in [1.165, 1.54) is 13.3 Å². The van der Waals surface area contributed by atoms with Crippen molar-refractivity contribution in [2.24, 2.45) is 5.92 Å². The van der Waals surface area contributed by atoms with Crippen LogP contribution < -0.4 is 5.32 Å². The number of carbonyl (C=O) groups excluding carboxylic acids is 2. The van der Waals surface area contributed by atoms with Crippen LogP contribution in [0.25, 0.3) is 5.82 Å². The second-order valence-electron chi connectivity index (χ2n) is 6.25. The van der Waals surface area contributed by atoms with Crippen LogP contribution in [0, 0.1) is 5.92 Å². The predicted octanol–water partition coefficient (Wildman–Crippen LogP) is 2.10. The van der Waals surface area contributed by atoms with Gasteiger partial charge in [-0.25, -0.2) is 9.97 Å². The molecule has 2 amide bonds. The summed E-state index contributed by atoms with van der Waals surface area (Å²) < 4.78 is 1.71. The second-order valence-corrected chi connectivity index (χ2v) is 6.25. The number of likely N-dealkylation sites (tertiary alicyclic amines) is 1. The van der Waals surface area contributed by atoms with E-state index in [1.807, 2.05) is 4.90 Å². The molecule has 0 saturated carbocycles. The number of amides is 2. The number of nitrogens with zero attached hydrogens (tertiary/aromatic N) is 4. The Morgan fingerprint density at radius 2 is 2.12 bits per heavy atom. The molecule has 0 aromatic carbocycles. The molecule has 7 heteroatoms. The number of carbonyl (C=O) groups is 2. The van der Waals surface area contributed by atoms with E-state index >= 15 is 0 Å². The number of piperidine rings is 1. The Morgan fingerprint density at radius 1 is 1.29 bits per heavy atom. The molecule has 7 nitrogen and oxygen atoms in total. The molecule has 0 bridgehead atoms. The summed E-state index contributed by atoms with van der Waals surface area (Å²) in [6, 6.07) is 3.53. The molecule has 126 valence electrons. The Balaban J connectivity index is 1.73. The summed E-state index contributed by atoms with van der Waals surface area (Å²) in [5.41, 5.74) is 1.06. The molecule has 1 aliphatic heterocycles. The zero-order valence-electron chi connectivity index (χ0n) is 13.9. The minimum atomic E-state index is -0.143. The van der Waals surface area contributed by atoms with Crippen LogP contribution >= 0.6 is 0 Å². The molecular formula is C17H21N5O2. The van der Waals surface area contributed by atoms with Crippen molar-refractivity contribution < 1.29 is 9.59 Å². The highest BCUT2D eigenvalue weighted by atomic mass is 16.2. The smallest absolute Gasteiger partial charge is 0.274 e. The lowest BCUT2D eigenvalue weighted by Gasteiger charge is -2.30. The maximum absolute atomic E-state index is 12.5. The van der Waals surface area contributed by atoms with Crippen LogP contribution in [0.1, 0.15) is 37.2 Å². The molecule has 24 heavy (non-hydrogen) atoms. The van der Waals surface area contributed by atoms with Crippen molar-refractivity contribution >= 4 is 17.5 Å². The molecule has 0 spiro atoms. The van der Waals surface area contributed by atoms with Crippen LogP contribution in [-0.4, -0.2) is 44.3 Å². The predicted molar refractivity (Wildman–Crippen MR) is 90.0 cm³/mol. The summed E-state index contributed by atoms with van der Waals surface area (Å²) in [5, 5.41) is 2.67. The van der Waals surface area contributed by atoms with Gasteiger partial charge in [-0.05, 0) is 30.9 Å². The largest absolute Gasteiger partial charge is 0.337 e. The van der Waals surface area contributed by atoms with Crippen LogP contribution in [0.15, 0.2) is 30.9 Å². The first-order valence-electron chi connectivity index (χ1n) is 8.10. The lowest BCUT2D eigenvalue weighted by Crippen LogP contribution is -2.39. The normalized spacial score (nSPS) is 17.6. The maximum atomic E-state index is 12.5. The first-order chi connectivity index (χ1) is 11.5. The lowest BCUT2D eigenvalue weighted by atomic mass is 10.0. The summed E-state index contributed by atoms with van der Waals surface area (Å²) >= 11 is 0. The summed E-state index contributed by atoms with van der Waals surface area (Å²) in [7, 11) is 0. The van der Waals surface area contributed by atoms with Crippen molar-refractivity contribution in [2.45, 2.75) is 26.7 Å². The number of nitrogens with one attached hydrogen (secondary N) is 1. The number of aromatic nitrogens is 3. The highest BCUT2D eigenvalue weighted by Crippen LogP contribution is 2.18. The van der Waals surface area contributed by atoms with Crippen molar-refractivity contribution in [3.05, 3.63) is 36.5 Å². The zero-order chi connectivity index (χ0) is 17.1. The molecule has 0 radical (unpaired) electrons. The number of hydrogen-bond donors (Lipinski definition) is 1. The zero-order valence-corrected chi connectivity index (χ0v) is 13.9. The van der Waals surface area contributed by atoms with Crippen LogP contribution in [0.3, 0.4) is 0 Å². The monoisotopic (exact) mass is 327 g/mol. The first kappa shape index (κ1) is 16.2. The molecule has 2 aromatic heterocycles. The van der Waals surface area contributed by atoms with Crippen molar-refractivity contribution in [3.63, 3.8) is 0 Å².